The second-order valence-corrected chi connectivity index (χ2v) is 8.09. The molecule has 1 fully saturated rings. The van der Waals surface area contributed by atoms with Crippen molar-refractivity contribution in [2.45, 2.75) is 38.0 Å². The van der Waals surface area contributed by atoms with Crippen LogP contribution in [0, 0.1) is 0 Å². The molecule has 2 N–H and O–H groups in total. The Balaban J connectivity index is 1.47. The van der Waals surface area contributed by atoms with Crippen LogP contribution >= 0.6 is 0 Å². The Kier molecular flexibility index (Phi) is 4.34. The van der Waals surface area contributed by atoms with E-state index >= 15 is 0 Å². The highest BCUT2D eigenvalue weighted by atomic mass is 16.5. The molecule has 2 aliphatic rings. The van der Waals surface area contributed by atoms with E-state index in [1.165, 1.54) is 12.1 Å². The van der Waals surface area contributed by atoms with Gasteiger partial charge in [0.15, 0.2) is 0 Å². The molecule has 2 atom stereocenters. The molecule has 9 nitrogen and oxygen atoms in total. The molecule has 0 saturated carbocycles. The third kappa shape index (κ3) is 3.12. The van der Waals surface area contributed by atoms with E-state index < -0.39 is 0 Å². The molecular weight excluding hydrogens is 392 g/mol. The van der Waals surface area contributed by atoms with Crippen molar-refractivity contribution in [2.75, 3.05) is 23.8 Å². The van der Waals surface area contributed by atoms with E-state index in [4.69, 9.17) is 20.6 Å². The van der Waals surface area contributed by atoms with Crippen molar-refractivity contribution in [1.29, 1.82) is 0 Å². The summed E-state index contributed by atoms with van der Waals surface area (Å²) in [6.07, 6.45) is 11.5. The van der Waals surface area contributed by atoms with Crippen LogP contribution < -0.4 is 10.6 Å². The number of imidazole rings is 1. The van der Waals surface area contributed by atoms with Crippen LogP contribution in [0.3, 0.4) is 0 Å². The fraction of sp³-hybridized carbons (Fsp3) is 0.364. The van der Waals surface area contributed by atoms with Crippen LogP contribution in [-0.4, -0.2) is 42.3 Å². The number of anilines is 2. The first-order chi connectivity index (χ1) is 15.3. The summed E-state index contributed by atoms with van der Waals surface area (Å²) in [5.41, 5.74) is 9.97. The SMILES string of the molecule is Nc1cnc(N2CCc3c(ncn3C3CCCCO3)C2c2cc3ccccn3n2)cn1. The van der Waals surface area contributed by atoms with Gasteiger partial charge in [-0.3, -0.25) is 0 Å². The van der Waals surface area contributed by atoms with Crippen molar-refractivity contribution in [2.24, 2.45) is 0 Å². The number of pyridine rings is 1. The van der Waals surface area contributed by atoms with Crippen molar-refractivity contribution < 1.29 is 4.74 Å². The Morgan fingerprint density at radius 3 is 2.87 bits per heavy atom. The average Bonchev–Trinajstić information content (AvgIpc) is 3.44. The summed E-state index contributed by atoms with van der Waals surface area (Å²) < 4.78 is 10.2. The van der Waals surface area contributed by atoms with Crippen molar-refractivity contribution in [3.63, 3.8) is 0 Å². The monoisotopic (exact) mass is 416 g/mol. The van der Waals surface area contributed by atoms with Crippen LogP contribution in [-0.2, 0) is 11.2 Å². The minimum atomic E-state index is -0.161. The van der Waals surface area contributed by atoms with Crippen molar-refractivity contribution >= 4 is 17.2 Å². The van der Waals surface area contributed by atoms with Gasteiger partial charge in [0, 0.05) is 31.5 Å². The first-order valence-corrected chi connectivity index (χ1v) is 10.7. The summed E-state index contributed by atoms with van der Waals surface area (Å²) >= 11 is 0. The largest absolute Gasteiger partial charge is 0.382 e. The second kappa shape index (κ2) is 7.35. The van der Waals surface area contributed by atoms with Crippen LogP contribution in [0.15, 0.2) is 49.2 Å². The van der Waals surface area contributed by atoms with Gasteiger partial charge in [-0.25, -0.2) is 19.5 Å². The zero-order valence-electron chi connectivity index (χ0n) is 17.1. The van der Waals surface area contributed by atoms with Gasteiger partial charge in [-0.2, -0.15) is 5.10 Å². The highest BCUT2D eigenvalue weighted by molar-refractivity contribution is 5.53. The molecule has 6 heterocycles. The number of nitrogens with two attached hydrogens (primary N) is 1. The molecule has 0 spiro atoms. The Bertz CT molecular complexity index is 1170. The van der Waals surface area contributed by atoms with Gasteiger partial charge in [0.1, 0.15) is 23.9 Å². The summed E-state index contributed by atoms with van der Waals surface area (Å²) in [4.78, 5) is 15.9. The van der Waals surface area contributed by atoms with Crippen LogP contribution in [0.5, 0.6) is 0 Å². The van der Waals surface area contributed by atoms with Gasteiger partial charge >= 0.3 is 0 Å². The average molecular weight is 416 g/mol. The molecule has 6 rings (SSSR count). The zero-order valence-corrected chi connectivity index (χ0v) is 17.1. The molecule has 0 aliphatic carbocycles. The number of aromatic nitrogens is 6. The zero-order chi connectivity index (χ0) is 20.8. The van der Waals surface area contributed by atoms with E-state index in [0.29, 0.717) is 5.82 Å². The van der Waals surface area contributed by atoms with E-state index in [0.717, 1.165) is 55.1 Å². The lowest BCUT2D eigenvalue weighted by atomic mass is 9.99. The van der Waals surface area contributed by atoms with E-state index in [2.05, 4.69) is 31.6 Å². The van der Waals surface area contributed by atoms with Crippen LogP contribution in [0.2, 0.25) is 0 Å². The number of nitrogen functional groups attached to an aromatic ring is 1. The summed E-state index contributed by atoms with van der Waals surface area (Å²) in [6.45, 7) is 1.59. The number of rotatable bonds is 3. The summed E-state index contributed by atoms with van der Waals surface area (Å²) in [5.74, 6) is 1.18. The number of fused-ring (bicyclic) bond motifs is 2. The molecular formula is C22H24N8O. The predicted octanol–water partition coefficient (Wildman–Crippen LogP) is 2.75. The van der Waals surface area contributed by atoms with Gasteiger partial charge in [0.2, 0.25) is 0 Å². The smallest absolute Gasteiger partial charge is 0.148 e. The molecule has 31 heavy (non-hydrogen) atoms. The van der Waals surface area contributed by atoms with E-state index in [9.17, 15) is 0 Å². The summed E-state index contributed by atoms with van der Waals surface area (Å²) in [6, 6.07) is 8.02. The molecule has 4 aromatic rings. The van der Waals surface area contributed by atoms with Crippen molar-refractivity contribution in [1.82, 2.24) is 29.1 Å². The molecule has 1 saturated heterocycles. The summed E-state index contributed by atoms with van der Waals surface area (Å²) in [5, 5.41) is 4.87. The number of nitrogens with zero attached hydrogens (tertiary/aromatic N) is 7. The van der Waals surface area contributed by atoms with Crippen LogP contribution in [0.4, 0.5) is 11.6 Å². The highest BCUT2D eigenvalue weighted by Crippen LogP contribution is 2.38. The maximum absolute atomic E-state index is 6.06. The van der Waals surface area contributed by atoms with E-state index in [1.807, 2.05) is 29.2 Å². The van der Waals surface area contributed by atoms with Gasteiger partial charge in [0.05, 0.1) is 35.6 Å². The molecule has 0 aromatic carbocycles. The lowest BCUT2D eigenvalue weighted by molar-refractivity contribution is -0.0336. The van der Waals surface area contributed by atoms with Gasteiger partial charge in [0.25, 0.3) is 0 Å². The first-order valence-electron chi connectivity index (χ1n) is 10.7. The minimum absolute atomic E-state index is 0.0644. The lowest BCUT2D eigenvalue weighted by Gasteiger charge is -2.36. The van der Waals surface area contributed by atoms with E-state index in [-0.39, 0.29) is 12.3 Å². The third-order valence-corrected chi connectivity index (χ3v) is 6.18. The first kappa shape index (κ1) is 18.3. The van der Waals surface area contributed by atoms with Gasteiger partial charge in [-0.05, 0) is 37.5 Å². The molecule has 9 heteroatoms. The van der Waals surface area contributed by atoms with Crippen LogP contribution in [0.1, 0.15) is 48.6 Å². The lowest BCUT2D eigenvalue weighted by Crippen LogP contribution is -2.38. The molecule has 158 valence electrons. The standard InChI is InChI=1S/C22H24N8O/c23-18-12-25-19(13-24-18)28-9-7-17-21(26-14-29(17)20-6-2-4-10-31-20)22(28)16-11-15-5-1-3-8-30(15)27-16/h1,3,5,8,11-14,20,22H,2,4,6-7,9-10H2,(H2,23,24). The fourth-order valence-electron chi connectivity index (χ4n) is 4.70. The Morgan fingerprint density at radius 2 is 2.06 bits per heavy atom. The molecule has 0 radical (unpaired) electrons. The maximum Gasteiger partial charge on any atom is 0.148 e. The van der Waals surface area contributed by atoms with Gasteiger partial charge < -0.3 is 19.9 Å². The number of ether oxygens (including phenoxy) is 1. The number of hydrogen-bond donors (Lipinski definition) is 1. The Hall–Kier alpha value is -3.46. The fourth-order valence-corrected chi connectivity index (χ4v) is 4.70. The second-order valence-electron chi connectivity index (χ2n) is 8.09. The quantitative estimate of drug-likeness (QED) is 0.548. The van der Waals surface area contributed by atoms with Gasteiger partial charge in [-0.1, -0.05) is 6.07 Å². The maximum atomic E-state index is 6.06. The third-order valence-electron chi connectivity index (χ3n) is 6.18. The Labute approximate surface area is 179 Å². The molecule has 0 amide bonds. The molecule has 2 aliphatic heterocycles. The summed E-state index contributed by atoms with van der Waals surface area (Å²) in [7, 11) is 0. The predicted molar refractivity (Wildman–Crippen MR) is 116 cm³/mol. The molecule has 2 unspecified atom stereocenters. The number of hydrogen-bond acceptors (Lipinski definition) is 7. The molecule has 0 bridgehead atoms. The van der Waals surface area contributed by atoms with E-state index in [1.54, 1.807) is 12.4 Å². The van der Waals surface area contributed by atoms with Crippen molar-refractivity contribution in [3.05, 3.63) is 66.3 Å². The highest BCUT2D eigenvalue weighted by Gasteiger charge is 2.36. The topological polar surface area (TPSA) is 99.4 Å². The Morgan fingerprint density at radius 1 is 1.10 bits per heavy atom. The minimum Gasteiger partial charge on any atom is -0.382 e. The molecule has 4 aromatic heterocycles. The normalized spacial score (nSPS) is 21.4. The van der Waals surface area contributed by atoms with Crippen LogP contribution in [0.25, 0.3) is 5.52 Å². The van der Waals surface area contributed by atoms with Gasteiger partial charge in [-0.15, -0.1) is 0 Å². The van der Waals surface area contributed by atoms with Crippen molar-refractivity contribution in [3.8, 4) is 0 Å².